The molecule has 2 unspecified atom stereocenters. The Kier molecular flexibility index (Phi) is 5.06. The second kappa shape index (κ2) is 6.86. The minimum absolute atomic E-state index is 0.145. The fraction of sp³-hybridized carbons (Fsp3) is 0.667. The van der Waals surface area contributed by atoms with Gasteiger partial charge in [-0.2, -0.15) is 0 Å². The summed E-state index contributed by atoms with van der Waals surface area (Å²) in [6, 6.07) is 6.12. The molecule has 0 spiro atoms. The topological polar surface area (TPSA) is 59.0 Å². The number of morpholine rings is 1. The van der Waals surface area contributed by atoms with Gasteiger partial charge in [-0.15, -0.1) is 0 Å². The highest BCUT2D eigenvalue weighted by Gasteiger charge is 2.49. The van der Waals surface area contributed by atoms with E-state index in [2.05, 4.69) is 32.0 Å². The molecule has 0 radical (unpaired) electrons. The third-order valence-corrected chi connectivity index (χ3v) is 5.06. The number of ether oxygens (including phenoxy) is 2. The number of benzene rings is 1. The number of amides is 1. The van der Waals surface area contributed by atoms with Gasteiger partial charge in [0.2, 0.25) is 0 Å². The van der Waals surface area contributed by atoms with Crippen LogP contribution < -0.4 is 0 Å². The van der Waals surface area contributed by atoms with Gasteiger partial charge in [-0.05, 0) is 53.0 Å². The van der Waals surface area contributed by atoms with Crippen molar-refractivity contribution >= 4 is 6.09 Å². The average Bonchev–Trinajstić information content (AvgIpc) is 2.42. The summed E-state index contributed by atoms with van der Waals surface area (Å²) < 4.78 is 11.2. The Morgan fingerprint density at radius 3 is 2.23 bits per heavy atom. The Balaban J connectivity index is 1.77. The summed E-state index contributed by atoms with van der Waals surface area (Å²) in [7, 11) is 0. The van der Waals surface area contributed by atoms with Crippen LogP contribution in [0.1, 0.15) is 50.3 Å². The van der Waals surface area contributed by atoms with Crippen LogP contribution in [0.5, 0.6) is 0 Å². The lowest BCUT2D eigenvalue weighted by molar-refractivity contribution is -0.137. The third kappa shape index (κ3) is 4.38. The molecule has 1 N–H and O–H groups in total. The fourth-order valence-electron chi connectivity index (χ4n) is 4.38. The van der Waals surface area contributed by atoms with E-state index in [-0.39, 0.29) is 18.2 Å². The number of nitrogens with zero attached hydrogens (tertiary/aromatic N) is 1. The van der Waals surface area contributed by atoms with Gasteiger partial charge in [-0.3, -0.25) is 4.90 Å². The molecular weight excluding hydrogens is 330 g/mol. The quantitative estimate of drug-likeness (QED) is 0.877. The summed E-state index contributed by atoms with van der Waals surface area (Å²) in [6.07, 6.45) is 1.32. The van der Waals surface area contributed by atoms with E-state index in [1.165, 1.54) is 11.1 Å². The van der Waals surface area contributed by atoms with Crippen LogP contribution in [-0.4, -0.2) is 52.6 Å². The van der Waals surface area contributed by atoms with Crippen LogP contribution in [0, 0.1) is 13.8 Å². The molecular formula is C21H31NO4. The first kappa shape index (κ1) is 19.2. The lowest BCUT2D eigenvalue weighted by Gasteiger charge is -2.51. The minimum atomic E-state index is -0.822. The van der Waals surface area contributed by atoms with Gasteiger partial charge in [0.05, 0.1) is 30.9 Å². The number of hydrogen-bond acceptors (Lipinski definition) is 4. The summed E-state index contributed by atoms with van der Waals surface area (Å²) in [5.74, 6) is 0. The molecule has 2 aliphatic heterocycles. The van der Waals surface area contributed by atoms with Gasteiger partial charge in [0.1, 0.15) is 5.60 Å². The standard InChI is InChI=1S/C21H31NO4/c1-14-6-15(2)8-16(7-14)9-21(24)10-17-12-25-13-18(11-21)22(17)19(23)26-20(3,4)5/h6-8,17-18,24H,9-13H2,1-5H3. The molecule has 26 heavy (non-hydrogen) atoms. The van der Waals surface area contributed by atoms with E-state index in [9.17, 15) is 9.90 Å². The molecule has 2 heterocycles. The Morgan fingerprint density at radius 1 is 1.19 bits per heavy atom. The molecule has 2 saturated heterocycles. The number of aryl methyl sites for hydroxylation is 2. The van der Waals surface area contributed by atoms with Gasteiger partial charge in [-0.1, -0.05) is 29.3 Å². The van der Waals surface area contributed by atoms with Gasteiger partial charge < -0.3 is 14.6 Å². The van der Waals surface area contributed by atoms with Crippen molar-refractivity contribution in [2.45, 2.75) is 77.2 Å². The monoisotopic (exact) mass is 361 g/mol. The fourth-order valence-corrected chi connectivity index (χ4v) is 4.38. The van der Waals surface area contributed by atoms with E-state index < -0.39 is 11.2 Å². The van der Waals surface area contributed by atoms with E-state index in [0.29, 0.717) is 32.5 Å². The van der Waals surface area contributed by atoms with E-state index in [0.717, 1.165) is 5.56 Å². The normalized spacial score (nSPS) is 28.8. The first-order valence-corrected chi connectivity index (χ1v) is 9.43. The van der Waals surface area contributed by atoms with E-state index in [1.54, 1.807) is 4.90 Å². The second-order valence-electron chi connectivity index (χ2n) is 9.04. The molecule has 2 aliphatic rings. The Morgan fingerprint density at radius 2 is 1.73 bits per heavy atom. The molecule has 0 aromatic heterocycles. The lowest BCUT2D eigenvalue weighted by Crippen LogP contribution is -2.64. The van der Waals surface area contributed by atoms with Crippen LogP contribution in [0.4, 0.5) is 4.79 Å². The predicted molar refractivity (Wildman–Crippen MR) is 100 cm³/mol. The Hall–Kier alpha value is -1.59. The molecule has 1 aromatic carbocycles. The van der Waals surface area contributed by atoms with Crippen molar-refractivity contribution in [2.24, 2.45) is 0 Å². The lowest BCUT2D eigenvalue weighted by atomic mass is 9.77. The van der Waals surface area contributed by atoms with E-state index >= 15 is 0 Å². The maximum atomic E-state index is 12.7. The molecule has 144 valence electrons. The van der Waals surface area contributed by atoms with Crippen molar-refractivity contribution in [3.63, 3.8) is 0 Å². The zero-order chi connectivity index (χ0) is 19.1. The Bertz CT molecular complexity index is 645. The van der Waals surface area contributed by atoms with Gasteiger partial charge >= 0.3 is 6.09 Å². The zero-order valence-corrected chi connectivity index (χ0v) is 16.5. The minimum Gasteiger partial charge on any atom is -0.444 e. The van der Waals surface area contributed by atoms with Crippen molar-refractivity contribution in [3.05, 3.63) is 34.9 Å². The van der Waals surface area contributed by atoms with Gasteiger partial charge in [-0.25, -0.2) is 4.79 Å². The van der Waals surface area contributed by atoms with Crippen molar-refractivity contribution in [2.75, 3.05) is 13.2 Å². The first-order chi connectivity index (χ1) is 12.0. The molecule has 5 nitrogen and oxygen atoms in total. The Labute approximate surface area is 156 Å². The molecule has 2 atom stereocenters. The molecule has 1 aromatic rings. The highest BCUT2D eigenvalue weighted by molar-refractivity contribution is 5.69. The number of rotatable bonds is 2. The van der Waals surface area contributed by atoms with Gasteiger partial charge in [0.15, 0.2) is 0 Å². The number of carbonyl (C=O) groups is 1. The number of hydrogen-bond donors (Lipinski definition) is 1. The SMILES string of the molecule is Cc1cc(C)cc(CC2(O)CC3COCC(C2)N3C(=O)OC(C)(C)C)c1. The van der Waals surface area contributed by atoms with Crippen LogP contribution in [-0.2, 0) is 15.9 Å². The number of fused-ring (bicyclic) bond motifs is 2. The maximum absolute atomic E-state index is 12.7. The molecule has 5 heteroatoms. The summed E-state index contributed by atoms with van der Waals surface area (Å²) in [5, 5.41) is 11.3. The van der Waals surface area contributed by atoms with Crippen molar-refractivity contribution in [1.82, 2.24) is 4.90 Å². The third-order valence-electron chi connectivity index (χ3n) is 5.06. The second-order valence-corrected chi connectivity index (χ2v) is 9.04. The number of aliphatic hydroxyl groups is 1. The van der Waals surface area contributed by atoms with Crippen molar-refractivity contribution in [1.29, 1.82) is 0 Å². The predicted octanol–water partition coefficient (Wildman–Crippen LogP) is 3.38. The summed E-state index contributed by atoms with van der Waals surface area (Å²) in [4.78, 5) is 14.4. The molecule has 3 rings (SSSR count). The van der Waals surface area contributed by atoms with Crippen molar-refractivity contribution < 1.29 is 19.4 Å². The molecule has 0 aliphatic carbocycles. The number of carbonyl (C=O) groups excluding carboxylic acids is 1. The largest absolute Gasteiger partial charge is 0.444 e. The van der Waals surface area contributed by atoms with Crippen molar-refractivity contribution in [3.8, 4) is 0 Å². The highest BCUT2D eigenvalue weighted by Crippen LogP contribution is 2.37. The van der Waals surface area contributed by atoms with E-state index in [4.69, 9.17) is 9.47 Å². The van der Waals surface area contributed by atoms with E-state index in [1.807, 2.05) is 20.8 Å². The zero-order valence-electron chi connectivity index (χ0n) is 16.5. The summed E-state index contributed by atoms with van der Waals surface area (Å²) in [5.41, 5.74) is 2.21. The van der Waals surface area contributed by atoms with Crippen LogP contribution in [0.25, 0.3) is 0 Å². The smallest absolute Gasteiger partial charge is 0.410 e. The average molecular weight is 361 g/mol. The molecule has 1 amide bonds. The molecule has 2 fully saturated rings. The summed E-state index contributed by atoms with van der Waals surface area (Å²) in [6.45, 7) is 10.7. The number of piperidine rings is 1. The van der Waals surface area contributed by atoms with Crippen LogP contribution in [0.3, 0.4) is 0 Å². The highest BCUT2D eigenvalue weighted by atomic mass is 16.6. The van der Waals surface area contributed by atoms with Gasteiger partial charge in [0.25, 0.3) is 0 Å². The van der Waals surface area contributed by atoms with Crippen LogP contribution in [0.2, 0.25) is 0 Å². The first-order valence-electron chi connectivity index (χ1n) is 9.43. The maximum Gasteiger partial charge on any atom is 0.410 e. The summed E-state index contributed by atoms with van der Waals surface area (Å²) >= 11 is 0. The molecule has 0 saturated carbocycles. The van der Waals surface area contributed by atoms with Crippen LogP contribution >= 0.6 is 0 Å². The van der Waals surface area contributed by atoms with Crippen LogP contribution in [0.15, 0.2) is 18.2 Å². The molecule has 2 bridgehead atoms. The van der Waals surface area contributed by atoms with Gasteiger partial charge in [0, 0.05) is 6.42 Å².